The lowest BCUT2D eigenvalue weighted by atomic mass is 9.67. The molecule has 0 unspecified atom stereocenters. The van der Waals surface area contributed by atoms with Gasteiger partial charge in [-0.3, -0.25) is 0 Å². The molecule has 0 aliphatic heterocycles. The molecule has 1 aliphatic carbocycles. The molecule has 16 aromatic rings. The molecule has 0 N–H and O–H groups in total. The molecule has 0 saturated heterocycles. The van der Waals surface area contributed by atoms with Gasteiger partial charge < -0.3 is 27.5 Å². The van der Waals surface area contributed by atoms with Crippen molar-refractivity contribution in [1.82, 2.24) is 0 Å². The summed E-state index contributed by atoms with van der Waals surface area (Å²) in [5.41, 5.74) is 17.8. The van der Waals surface area contributed by atoms with E-state index in [4.69, 9.17) is 17.7 Å². The molecular formula is C73H44N2O4. The van der Waals surface area contributed by atoms with Gasteiger partial charge in [0.25, 0.3) is 0 Å². The van der Waals surface area contributed by atoms with Gasteiger partial charge in [0.1, 0.15) is 39.1 Å². The van der Waals surface area contributed by atoms with Crippen LogP contribution in [0, 0.1) is 0 Å². The molecule has 370 valence electrons. The van der Waals surface area contributed by atoms with Crippen LogP contribution >= 0.6 is 0 Å². The Hall–Kier alpha value is -10.6. The number of rotatable bonds is 8. The lowest BCUT2D eigenvalue weighted by Crippen LogP contribution is -2.29. The van der Waals surface area contributed by atoms with Gasteiger partial charge in [-0.05, 0) is 107 Å². The zero-order valence-corrected chi connectivity index (χ0v) is 42.4. The van der Waals surface area contributed by atoms with E-state index in [1.165, 1.54) is 0 Å². The highest BCUT2D eigenvalue weighted by molar-refractivity contribution is 6.26. The van der Waals surface area contributed by atoms with Gasteiger partial charge in [0.05, 0.1) is 27.9 Å². The maximum absolute atomic E-state index is 7.51. The monoisotopic (exact) mass is 1010 g/mol. The van der Waals surface area contributed by atoms with Crippen LogP contribution in [0.3, 0.4) is 0 Å². The van der Waals surface area contributed by atoms with Gasteiger partial charge in [-0.2, -0.15) is 0 Å². The molecule has 17 rings (SSSR count). The summed E-state index contributed by atoms with van der Waals surface area (Å²) in [7, 11) is 0. The van der Waals surface area contributed by atoms with E-state index in [2.05, 4.69) is 252 Å². The molecule has 0 spiro atoms. The predicted octanol–water partition coefficient (Wildman–Crippen LogP) is 20.6. The lowest BCUT2D eigenvalue weighted by molar-refractivity contribution is 0.667. The first-order valence-electron chi connectivity index (χ1n) is 26.8. The number of benzene rings is 12. The third kappa shape index (κ3) is 6.22. The maximum atomic E-state index is 7.51. The Morgan fingerprint density at radius 2 is 0.633 bits per heavy atom. The summed E-state index contributed by atoms with van der Waals surface area (Å²) in [5, 5.41) is 8.33. The van der Waals surface area contributed by atoms with Crippen LogP contribution in [0.1, 0.15) is 22.3 Å². The molecule has 0 fully saturated rings. The van der Waals surface area contributed by atoms with Crippen molar-refractivity contribution in [3.05, 3.63) is 289 Å². The van der Waals surface area contributed by atoms with E-state index in [1.54, 1.807) is 0 Å². The standard InChI is InChI=1S/C73H44N2O4/c1-5-21-45(22-6-1)73(46-23-7-2-8-24-46)57-44-60(75(48-27-11-4-12-28-48)50-38-40-54-52-30-14-18-34-62(52)77-66(54)42-50)71-68(56-32-16-20-36-64(56)78-71)69(57)70-58(73)43-59(67-55-31-15-19-35-63(55)79-72(67)70)74(47-25-9-3-10-26-47)49-37-39-53-51-29-13-17-33-61(51)76-65(53)41-49/h1-44H. The van der Waals surface area contributed by atoms with Gasteiger partial charge in [0.2, 0.25) is 0 Å². The molecule has 12 aromatic carbocycles. The minimum atomic E-state index is -0.924. The predicted molar refractivity (Wildman–Crippen MR) is 322 cm³/mol. The Bertz CT molecular complexity index is 5050. The second-order valence-electron chi connectivity index (χ2n) is 20.6. The summed E-state index contributed by atoms with van der Waals surface area (Å²) >= 11 is 0. The topological polar surface area (TPSA) is 59.0 Å². The van der Waals surface area contributed by atoms with Crippen LogP contribution in [0.15, 0.2) is 285 Å². The molecule has 6 nitrogen and oxygen atoms in total. The average molecular weight is 1010 g/mol. The van der Waals surface area contributed by atoms with Gasteiger partial charge in [-0.25, -0.2) is 0 Å². The highest BCUT2D eigenvalue weighted by Gasteiger charge is 2.50. The molecule has 4 aromatic heterocycles. The minimum absolute atomic E-state index is 0.759. The fourth-order valence-electron chi connectivity index (χ4n) is 13.2. The van der Waals surface area contributed by atoms with Crippen LogP contribution in [0.4, 0.5) is 34.1 Å². The van der Waals surface area contributed by atoms with E-state index in [0.717, 1.165) is 155 Å². The van der Waals surface area contributed by atoms with Gasteiger partial charge in [-0.15, -0.1) is 0 Å². The zero-order chi connectivity index (χ0) is 51.8. The summed E-state index contributed by atoms with van der Waals surface area (Å²) in [6, 6.07) is 94.9. The summed E-state index contributed by atoms with van der Waals surface area (Å²) in [6.45, 7) is 0. The third-order valence-electron chi connectivity index (χ3n) is 16.5. The molecule has 0 bridgehead atoms. The van der Waals surface area contributed by atoms with E-state index in [1.807, 2.05) is 24.3 Å². The summed E-state index contributed by atoms with van der Waals surface area (Å²) in [5.74, 6) is 0. The first-order valence-corrected chi connectivity index (χ1v) is 26.8. The molecular weight excluding hydrogens is 969 g/mol. The van der Waals surface area contributed by atoms with Crippen LogP contribution in [-0.4, -0.2) is 0 Å². The smallest absolute Gasteiger partial charge is 0.160 e. The Labute approximate surface area is 452 Å². The molecule has 0 saturated carbocycles. The van der Waals surface area contributed by atoms with Crippen molar-refractivity contribution in [1.29, 1.82) is 0 Å². The highest BCUT2D eigenvalue weighted by atomic mass is 16.3. The van der Waals surface area contributed by atoms with Crippen molar-refractivity contribution in [3.63, 3.8) is 0 Å². The molecule has 4 heterocycles. The number of hydrogen-bond acceptors (Lipinski definition) is 6. The Morgan fingerprint density at radius 1 is 0.253 bits per heavy atom. The fourth-order valence-corrected chi connectivity index (χ4v) is 13.2. The van der Waals surface area contributed by atoms with Crippen LogP contribution in [0.5, 0.6) is 0 Å². The highest BCUT2D eigenvalue weighted by Crippen LogP contribution is 2.64. The van der Waals surface area contributed by atoms with Gasteiger partial charge in [-0.1, -0.05) is 170 Å². The molecule has 6 heteroatoms. The van der Waals surface area contributed by atoms with Crippen molar-refractivity contribution < 1.29 is 17.7 Å². The Morgan fingerprint density at radius 3 is 1.15 bits per heavy atom. The maximum Gasteiger partial charge on any atom is 0.160 e. The number of hydrogen-bond donors (Lipinski definition) is 0. The van der Waals surface area contributed by atoms with Crippen molar-refractivity contribution in [3.8, 4) is 11.1 Å². The normalized spacial score (nSPS) is 12.9. The van der Waals surface area contributed by atoms with Crippen LogP contribution in [-0.2, 0) is 5.41 Å². The minimum Gasteiger partial charge on any atom is -0.456 e. The van der Waals surface area contributed by atoms with E-state index in [9.17, 15) is 0 Å². The average Bonchev–Trinajstić information content (AvgIpc) is 2.75. The van der Waals surface area contributed by atoms with E-state index in [0.29, 0.717) is 0 Å². The van der Waals surface area contributed by atoms with Crippen molar-refractivity contribution in [2.24, 2.45) is 0 Å². The fraction of sp³-hybridized carbons (Fsp3) is 0.0137. The van der Waals surface area contributed by atoms with Crippen LogP contribution < -0.4 is 9.80 Å². The summed E-state index contributed by atoms with van der Waals surface area (Å²) in [6.07, 6.45) is 0. The van der Waals surface area contributed by atoms with Gasteiger partial charge in [0.15, 0.2) is 5.58 Å². The van der Waals surface area contributed by atoms with Gasteiger partial charge in [0, 0.05) is 78.0 Å². The van der Waals surface area contributed by atoms with Crippen LogP contribution in [0.25, 0.3) is 98.9 Å². The first kappa shape index (κ1) is 43.7. The van der Waals surface area contributed by atoms with Crippen molar-refractivity contribution in [2.45, 2.75) is 5.41 Å². The first-order chi connectivity index (χ1) is 39.2. The summed E-state index contributed by atoms with van der Waals surface area (Å²) < 4.78 is 28.2. The van der Waals surface area contributed by atoms with E-state index < -0.39 is 5.41 Å². The number of fused-ring (bicyclic) bond motifs is 17. The number of nitrogens with zero attached hydrogens (tertiary/aromatic N) is 2. The number of anilines is 6. The second-order valence-corrected chi connectivity index (χ2v) is 20.6. The number of furan rings is 4. The van der Waals surface area contributed by atoms with Gasteiger partial charge >= 0.3 is 0 Å². The largest absolute Gasteiger partial charge is 0.456 e. The SMILES string of the molecule is c1ccc(N(c2ccc3c(c2)oc2ccccc23)c2cc3c(c4c2oc2ccccc24)-c2c(cc(N(c4ccccc4)c4ccc5c(c4)oc4ccccc45)c4c2oc2ccccc24)C3(c2ccccc2)c2ccccc2)cc1. The summed E-state index contributed by atoms with van der Waals surface area (Å²) in [4.78, 5) is 4.73. The quantitative estimate of drug-likeness (QED) is 0.151. The second kappa shape index (κ2) is 16.7. The molecule has 79 heavy (non-hydrogen) atoms. The third-order valence-corrected chi connectivity index (χ3v) is 16.5. The van der Waals surface area contributed by atoms with E-state index in [-0.39, 0.29) is 0 Å². The van der Waals surface area contributed by atoms with Crippen LogP contribution in [0.2, 0.25) is 0 Å². The molecule has 0 atom stereocenters. The lowest BCUT2D eigenvalue weighted by Gasteiger charge is -2.36. The zero-order valence-electron chi connectivity index (χ0n) is 42.4. The molecule has 1 aliphatic rings. The molecule has 0 radical (unpaired) electrons. The van der Waals surface area contributed by atoms with Crippen molar-refractivity contribution in [2.75, 3.05) is 9.80 Å². The Kier molecular flexibility index (Phi) is 9.24. The van der Waals surface area contributed by atoms with Crippen molar-refractivity contribution >= 4 is 122 Å². The Balaban J connectivity index is 1.05. The van der Waals surface area contributed by atoms with E-state index >= 15 is 0 Å². The molecule has 0 amide bonds. The number of para-hydroxylation sites is 6.